The van der Waals surface area contributed by atoms with Crippen molar-refractivity contribution in [3.05, 3.63) is 94.2 Å². The molecular weight excluding hydrogens is 475 g/mol. The van der Waals surface area contributed by atoms with Crippen molar-refractivity contribution >= 4 is 22.6 Å². The van der Waals surface area contributed by atoms with E-state index in [1.54, 1.807) is 25.1 Å². The standard InChI is InChI=1S/C25H16F3N5O3/c1-13-5-6-19-22(35)20(25-31-23(32-36-25)14-3-2-4-15(26)7-14)11-33(24(19)29-13)12-21(34)30-18-9-16(27)8-17(28)10-18/h2-11H,12H2,1H3,(H,30,34). The molecule has 0 aliphatic carbocycles. The fourth-order valence-electron chi connectivity index (χ4n) is 3.69. The molecule has 0 fully saturated rings. The lowest BCUT2D eigenvalue weighted by atomic mass is 10.1. The fraction of sp³-hybridized carbons (Fsp3) is 0.0800. The van der Waals surface area contributed by atoms with E-state index in [4.69, 9.17) is 4.52 Å². The lowest BCUT2D eigenvalue weighted by Crippen LogP contribution is -2.22. The predicted molar refractivity (Wildman–Crippen MR) is 124 cm³/mol. The van der Waals surface area contributed by atoms with Gasteiger partial charge in [-0.25, -0.2) is 18.2 Å². The first-order valence-electron chi connectivity index (χ1n) is 10.6. The van der Waals surface area contributed by atoms with Crippen molar-refractivity contribution in [1.29, 1.82) is 0 Å². The van der Waals surface area contributed by atoms with Crippen LogP contribution in [-0.4, -0.2) is 25.6 Å². The van der Waals surface area contributed by atoms with Crippen LogP contribution in [0.1, 0.15) is 5.69 Å². The van der Waals surface area contributed by atoms with Crippen LogP contribution >= 0.6 is 0 Å². The van der Waals surface area contributed by atoms with Crippen LogP contribution in [0.25, 0.3) is 33.9 Å². The minimum absolute atomic E-state index is 0.00657. The van der Waals surface area contributed by atoms with E-state index in [0.29, 0.717) is 17.3 Å². The van der Waals surface area contributed by atoms with E-state index in [1.165, 1.54) is 29.0 Å². The molecule has 3 aromatic heterocycles. The molecule has 0 saturated heterocycles. The molecule has 2 aromatic carbocycles. The predicted octanol–water partition coefficient (Wildman–Crippen LogP) is 4.48. The molecule has 0 unspecified atom stereocenters. The van der Waals surface area contributed by atoms with Crippen LogP contribution in [0.4, 0.5) is 18.9 Å². The van der Waals surface area contributed by atoms with Crippen LogP contribution in [-0.2, 0) is 11.3 Å². The highest BCUT2D eigenvalue weighted by molar-refractivity contribution is 5.91. The number of amides is 1. The number of benzene rings is 2. The maximum atomic E-state index is 13.6. The molecule has 1 N–H and O–H groups in total. The van der Waals surface area contributed by atoms with Gasteiger partial charge in [-0.05, 0) is 43.3 Å². The van der Waals surface area contributed by atoms with Crippen molar-refractivity contribution in [2.75, 3.05) is 5.32 Å². The Kier molecular flexibility index (Phi) is 5.80. The van der Waals surface area contributed by atoms with Gasteiger partial charge in [-0.3, -0.25) is 9.59 Å². The number of aromatic nitrogens is 4. The van der Waals surface area contributed by atoms with Gasteiger partial charge in [-0.1, -0.05) is 17.3 Å². The summed E-state index contributed by atoms with van der Waals surface area (Å²) in [6.45, 7) is 1.38. The van der Waals surface area contributed by atoms with Crippen LogP contribution in [0.15, 0.2) is 70.1 Å². The molecule has 5 aromatic rings. The van der Waals surface area contributed by atoms with Gasteiger partial charge < -0.3 is 14.4 Å². The molecule has 0 radical (unpaired) electrons. The van der Waals surface area contributed by atoms with Crippen LogP contribution in [0.3, 0.4) is 0 Å². The minimum atomic E-state index is -0.843. The molecule has 11 heteroatoms. The van der Waals surface area contributed by atoms with E-state index in [0.717, 1.165) is 12.1 Å². The summed E-state index contributed by atoms with van der Waals surface area (Å²) in [6.07, 6.45) is 1.34. The first-order valence-corrected chi connectivity index (χ1v) is 10.6. The van der Waals surface area contributed by atoms with Gasteiger partial charge in [-0.2, -0.15) is 4.98 Å². The summed E-state index contributed by atoms with van der Waals surface area (Å²) in [5.41, 5.74) is 0.633. The normalized spacial score (nSPS) is 11.1. The zero-order valence-corrected chi connectivity index (χ0v) is 18.6. The number of pyridine rings is 2. The summed E-state index contributed by atoms with van der Waals surface area (Å²) in [7, 11) is 0. The summed E-state index contributed by atoms with van der Waals surface area (Å²) in [5.74, 6) is -2.86. The fourth-order valence-corrected chi connectivity index (χ4v) is 3.69. The van der Waals surface area contributed by atoms with E-state index < -0.39 is 28.8 Å². The molecule has 0 spiro atoms. The Bertz CT molecular complexity index is 1680. The summed E-state index contributed by atoms with van der Waals surface area (Å²) in [5, 5.41) is 6.45. The monoisotopic (exact) mass is 491 g/mol. The van der Waals surface area contributed by atoms with Crippen molar-refractivity contribution < 1.29 is 22.5 Å². The maximum absolute atomic E-state index is 13.6. The number of halogens is 3. The number of nitrogens with one attached hydrogen (secondary N) is 1. The Balaban J connectivity index is 1.55. The highest BCUT2D eigenvalue weighted by Crippen LogP contribution is 2.23. The van der Waals surface area contributed by atoms with Gasteiger partial charge in [0.1, 0.15) is 35.2 Å². The molecule has 180 valence electrons. The number of nitrogens with zero attached hydrogens (tertiary/aromatic N) is 4. The van der Waals surface area contributed by atoms with Crippen LogP contribution in [0.2, 0.25) is 0 Å². The van der Waals surface area contributed by atoms with E-state index in [2.05, 4.69) is 20.4 Å². The third-order valence-electron chi connectivity index (χ3n) is 5.26. The Hall–Kier alpha value is -4.80. The number of anilines is 1. The number of aryl methyl sites for hydroxylation is 1. The average Bonchev–Trinajstić information content (AvgIpc) is 3.30. The number of hydrogen-bond donors (Lipinski definition) is 1. The molecule has 0 atom stereocenters. The van der Waals surface area contributed by atoms with Gasteiger partial charge >= 0.3 is 0 Å². The summed E-state index contributed by atoms with van der Waals surface area (Å²) in [6, 6.07) is 11.4. The van der Waals surface area contributed by atoms with Crippen LogP contribution in [0, 0.1) is 24.4 Å². The maximum Gasteiger partial charge on any atom is 0.263 e. The molecule has 0 saturated carbocycles. The van der Waals surface area contributed by atoms with Gasteiger partial charge in [0, 0.05) is 29.2 Å². The number of hydrogen-bond acceptors (Lipinski definition) is 6. The average molecular weight is 491 g/mol. The van der Waals surface area contributed by atoms with Gasteiger partial charge in [0.25, 0.3) is 5.89 Å². The summed E-state index contributed by atoms with van der Waals surface area (Å²) in [4.78, 5) is 34.5. The van der Waals surface area contributed by atoms with E-state index in [1.807, 2.05) is 0 Å². The molecule has 1 amide bonds. The van der Waals surface area contributed by atoms with E-state index >= 15 is 0 Å². The first-order chi connectivity index (χ1) is 17.3. The second-order valence-corrected chi connectivity index (χ2v) is 7.96. The highest BCUT2D eigenvalue weighted by Gasteiger charge is 2.19. The van der Waals surface area contributed by atoms with Gasteiger partial charge in [0.2, 0.25) is 17.2 Å². The lowest BCUT2D eigenvalue weighted by molar-refractivity contribution is -0.116. The summed E-state index contributed by atoms with van der Waals surface area (Å²) >= 11 is 0. The lowest BCUT2D eigenvalue weighted by Gasteiger charge is -2.12. The number of fused-ring (bicyclic) bond motifs is 1. The summed E-state index contributed by atoms with van der Waals surface area (Å²) < 4.78 is 47.3. The third kappa shape index (κ3) is 4.58. The van der Waals surface area contributed by atoms with Crippen molar-refractivity contribution in [1.82, 2.24) is 19.7 Å². The van der Waals surface area contributed by atoms with Crippen LogP contribution in [0.5, 0.6) is 0 Å². The first kappa shape index (κ1) is 23.0. The molecule has 36 heavy (non-hydrogen) atoms. The highest BCUT2D eigenvalue weighted by atomic mass is 19.1. The SMILES string of the molecule is Cc1ccc2c(=O)c(-c3nc(-c4cccc(F)c4)no3)cn(CC(=O)Nc3cc(F)cc(F)c3)c2n1. The molecule has 8 nitrogen and oxygen atoms in total. The second-order valence-electron chi connectivity index (χ2n) is 7.96. The number of carbonyl (C=O) groups excluding carboxylic acids is 1. The van der Waals surface area contributed by atoms with Crippen molar-refractivity contribution in [2.45, 2.75) is 13.5 Å². The quantitative estimate of drug-likeness (QED) is 0.389. The number of carbonyl (C=O) groups is 1. The zero-order chi connectivity index (χ0) is 25.4. The van der Waals surface area contributed by atoms with Crippen LogP contribution < -0.4 is 10.7 Å². The van der Waals surface area contributed by atoms with Gasteiger partial charge in [0.05, 0.1) is 5.39 Å². The smallest absolute Gasteiger partial charge is 0.263 e. The molecule has 0 aliphatic heterocycles. The Morgan fingerprint density at radius 2 is 1.78 bits per heavy atom. The Morgan fingerprint density at radius 1 is 1.00 bits per heavy atom. The molecule has 5 rings (SSSR count). The Morgan fingerprint density at radius 3 is 2.53 bits per heavy atom. The van der Waals surface area contributed by atoms with Crippen molar-refractivity contribution in [3.8, 4) is 22.8 Å². The van der Waals surface area contributed by atoms with E-state index in [9.17, 15) is 22.8 Å². The zero-order valence-electron chi connectivity index (χ0n) is 18.6. The molecule has 0 aliphatic rings. The molecule has 3 heterocycles. The topological polar surface area (TPSA) is 103 Å². The van der Waals surface area contributed by atoms with Crippen molar-refractivity contribution in [3.63, 3.8) is 0 Å². The third-order valence-corrected chi connectivity index (χ3v) is 5.26. The number of rotatable bonds is 5. The minimum Gasteiger partial charge on any atom is -0.333 e. The Labute approximate surface area is 201 Å². The molecular formula is C25H16F3N5O3. The largest absolute Gasteiger partial charge is 0.333 e. The van der Waals surface area contributed by atoms with E-state index in [-0.39, 0.29) is 40.5 Å². The molecule has 0 bridgehead atoms. The van der Waals surface area contributed by atoms with Gasteiger partial charge in [0.15, 0.2) is 0 Å². The van der Waals surface area contributed by atoms with Gasteiger partial charge in [-0.15, -0.1) is 0 Å². The van der Waals surface area contributed by atoms with Crippen molar-refractivity contribution in [2.24, 2.45) is 0 Å². The second kappa shape index (κ2) is 9.10.